The predicted molar refractivity (Wildman–Crippen MR) is 63.6 cm³/mol. The van der Waals surface area contributed by atoms with Crippen LogP contribution >= 0.6 is 0 Å². The molecule has 0 aliphatic rings. The molecule has 3 N–H and O–H groups in total. The van der Waals surface area contributed by atoms with Gasteiger partial charge in [0.25, 0.3) is 0 Å². The maximum absolute atomic E-state index is 11.7. The molecule has 1 aromatic heterocycles. The Morgan fingerprint density at radius 1 is 1.38 bits per heavy atom. The van der Waals surface area contributed by atoms with Gasteiger partial charge in [-0.3, -0.25) is 9.78 Å². The second kappa shape index (κ2) is 5.61. The molecule has 0 bridgehead atoms. The predicted octanol–water partition coefficient (Wildman–Crippen LogP) is 1.24. The van der Waals surface area contributed by atoms with Crippen LogP contribution < -0.4 is 11.1 Å². The quantitative estimate of drug-likeness (QED) is 0.803. The lowest BCUT2D eigenvalue weighted by atomic mass is 10.0. The fraction of sp³-hybridized carbons (Fsp3) is 0.500. The van der Waals surface area contributed by atoms with Gasteiger partial charge in [-0.15, -0.1) is 0 Å². The molecular formula is C12H19N3O. The minimum Gasteiger partial charge on any atom is -0.348 e. The average molecular weight is 221 g/mol. The van der Waals surface area contributed by atoms with E-state index in [1.54, 1.807) is 6.20 Å². The van der Waals surface area contributed by atoms with Crippen molar-refractivity contribution in [3.05, 3.63) is 30.1 Å². The minimum absolute atomic E-state index is 0.0341. The molecule has 1 rings (SSSR count). The molecule has 4 nitrogen and oxygen atoms in total. The van der Waals surface area contributed by atoms with Crippen LogP contribution in [0.1, 0.15) is 32.5 Å². The first-order valence-corrected chi connectivity index (χ1v) is 5.49. The van der Waals surface area contributed by atoms with Crippen LogP contribution in [0.15, 0.2) is 24.4 Å². The summed E-state index contributed by atoms with van der Waals surface area (Å²) in [6, 6.07) is 5.41. The Kier molecular flexibility index (Phi) is 4.43. The van der Waals surface area contributed by atoms with Crippen LogP contribution in [0.5, 0.6) is 0 Å². The van der Waals surface area contributed by atoms with Crippen molar-refractivity contribution >= 4 is 5.91 Å². The number of nitrogens with zero attached hydrogens (tertiary/aromatic N) is 1. The van der Waals surface area contributed by atoms with Gasteiger partial charge in [-0.2, -0.15) is 0 Å². The van der Waals surface area contributed by atoms with Gasteiger partial charge in [0.1, 0.15) is 0 Å². The number of carbonyl (C=O) groups excluding carboxylic acids is 1. The fourth-order valence-corrected chi connectivity index (χ4v) is 1.29. The summed E-state index contributed by atoms with van der Waals surface area (Å²) in [4.78, 5) is 15.9. The first-order valence-electron chi connectivity index (χ1n) is 5.49. The van der Waals surface area contributed by atoms with Gasteiger partial charge in [-0.1, -0.05) is 13.0 Å². The van der Waals surface area contributed by atoms with E-state index in [2.05, 4.69) is 10.3 Å². The maximum atomic E-state index is 11.7. The number of nitrogens with two attached hydrogens (primary N) is 1. The van der Waals surface area contributed by atoms with Gasteiger partial charge < -0.3 is 11.1 Å². The van der Waals surface area contributed by atoms with Crippen LogP contribution in [0.25, 0.3) is 0 Å². The van der Waals surface area contributed by atoms with Gasteiger partial charge in [-0.25, -0.2) is 0 Å². The summed E-state index contributed by atoms with van der Waals surface area (Å²) in [7, 11) is 0. The zero-order valence-electron chi connectivity index (χ0n) is 9.97. The third kappa shape index (κ3) is 3.31. The van der Waals surface area contributed by atoms with Gasteiger partial charge in [0.2, 0.25) is 5.91 Å². The van der Waals surface area contributed by atoms with Crippen molar-refractivity contribution in [2.45, 2.75) is 32.9 Å². The SMILES string of the molecule is CC(NC(=O)C(C)C(C)N)c1ccccn1. The standard InChI is InChI=1S/C12H19N3O/c1-8(9(2)13)12(16)15-10(3)11-6-4-5-7-14-11/h4-10H,13H2,1-3H3,(H,15,16). The van der Waals surface area contributed by atoms with Crippen LogP contribution in [-0.4, -0.2) is 16.9 Å². The number of pyridine rings is 1. The van der Waals surface area contributed by atoms with Gasteiger partial charge >= 0.3 is 0 Å². The molecule has 0 aromatic carbocycles. The molecule has 1 aromatic rings. The van der Waals surface area contributed by atoms with E-state index >= 15 is 0 Å². The largest absolute Gasteiger partial charge is 0.348 e. The van der Waals surface area contributed by atoms with Crippen molar-refractivity contribution in [2.75, 3.05) is 0 Å². The summed E-state index contributed by atoms with van der Waals surface area (Å²) < 4.78 is 0. The van der Waals surface area contributed by atoms with Crippen LogP contribution in [0, 0.1) is 5.92 Å². The topological polar surface area (TPSA) is 68.0 Å². The highest BCUT2D eigenvalue weighted by Crippen LogP contribution is 2.10. The Labute approximate surface area is 96.3 Å². The second-order valence-corrected chi connectivity index (χ2v) is 4.13. The van der Waals surface area contributed by atoms with Crippen molar-refractivity contribution in [3.8, 4) is 0 Å². The zero-order valence-corrected chi connectivity index (χ0v) is 9.97. The summed E-state index contributed by atoms with van der Waals surface area (Å²) in [5.74, 6) is -0.223. The first-order chi connectivity index (χ1) is 7.52. The maximum Gasteiger partial charge on any atom is 0.224 e. The summed E-state index contributed by atoms with van der Waals surface area (Å²) in [6.07, 6.45) is 1.72. The van der Waals surface area contributed by atoms with E-state index in [1.165, 1.54) is 0 Å². The van der Waals surface area contributed by atoms with Crippen molar-refractivity contribution in [3.63, 3.8) is 0 Å². The molecule has 0 saturated carbocycles. The van der Waals surface area contributed by atoms with E-state index in [0.717, 1.165) is 5.69 Å². The minimum atomic E-state index is -0.189. The average Bonchev–Trinajstić information content (AvgIpc) is 2.28. The van der Waals surface area contributed by atoms with Crippen LogP contribution in [0.3, 0.4) is 0 Å². The fourth-order valence-electron chi connectivity index (χ4n) is 1.29. The normalized spacial score (nSPS) is 16.2. The van der Waals surface area contributed by atoms with E-state index in [1.807, 2.05) is 39.0 Å². The van der Waals surface area contributed by atoms with Gasteiger partial charge in [0.05, 0.1) is 11.7 Å². The van der Waals surface area contributed by atoms with Crippen molar-refractivity contribution in [1.82, 2.24) is 10.3 Å². The monoisotopic (exact) mass is 221 g/mol. The molecule has 0 aliphatic heterocycles. The highest BCUT2D eigenvalue weighted by Gasteiger charge is 2.19. The number of aromatic nitrogens is 1. The molecule has 0 radical (unpaired) electrons. The molecule has 1 amide bonds. The zero-order chi connectivity index (χ0) is 12.1. The molecule has 1 heterocycles. The highest BCUT2D eigenvalue weighted by atomic mass is 16.1. The van der Waals surface area contributed by atoms with E-state index in [0.29, 0.717) is 0 Å². The molecule has 16 heavy (non-hydrogen) atoms. The summed E-state index contributed by atoms with van der Waals surface area (Å²) in [5.41, 5.74) is 6.53. The molecule has 3 atom stereocenters. The van der Waals surface area contributed by atoms with Crippen molar-refractivity contribution in [1.29, 1.82) is 0 Å². The summed E-state index contributed by atoms with van der Waals surface area (Å²) >= 11 is 0. The lowest BCUT2D eigenvalue weighted by Gasteiger charge is -2.19. The van der Waals surface area contributed by atoms with E-state index < -0.39 is 0 Å². The molecule has 0 saturated heterocycles. The first kappa shape index (κ1) is 12.6. The highest BCUT2D eigenvalue weighted by molar-refractivity contribution is 5.79. The lowest BCUT2D eigenvalue weighted by molar-refractivity contribution is -0.125. The Balaban J connectivity index is 2.58. The van der Waals surface area contributed by atoms with E-state index in [-0.39, 0.29) is 23.9 Å². The molecule has 0 fully saturated rings. The number of amides is 1. The number of carbonyl (C=O) groups is 1. The van der Waals surface area contributed by atoms with Gasteiger partial charge in [0, 0.05) is 18.2 Å². The molecular weight excluding hydrogens is 202 g/mol. The number of hydrogen-bond donors (Lipinski definition) is 2. The Morgan fingerprint density at radius 2 is 2.06 bits per heavy atom. The molecule has 88 valence electrons. The Bertz CT molecular complexity index is 337. The van der Waals surface area contributed by atoms with E-state index in [4.69, 9.17) is 5.73 Å². The number of nitrogens with one attached hydrogen (secondary N) is 1. The molecule has 4 heteroatoms. The lowest BCUT2D eigenvalue weighted by Crippen LogP contribution is -2.39. The molecule has 3 unspecified atom stereocenters. The van der Waals surface area contributed by atoms with E-state index in [9.17, 15) is 4.79 Å². The summed E-state index contributed by atoms with van der Waals surface area (Å²) in [6.45, 7) is 5.56. The molecule has 0 spiro atoms. The third-order valence-corrected chi connectivity index (χ3v) is 2.69. The van der Waals surface area contributed by atoms with Gasteiger partial charge in [-0.05, 0) is 26.0 Å². The van der Waals surface area contributed by atoms with Gasteiger partial charge in [0.15, 0.2) is 0 Å². The Morgan fingerprint density at radius 3 is 2.56 bits per heavy atom. The van der Waals surface area contributed by atoms with Crippen LogP contribution in [0.4, 0.5) is 0 Å². The second-order valence-electron chi connectivity index (χ2n) is 4.13. The van der Waals surface area contributed by atoms with Crippen LogP contribution in [0.2, 0.25) is 0 Å². The Hall–Kier alpha value is -1.42. The summed E-state index contributed by atoms with van der Waals surface area (Å²) in [5, 5.41) is 2.90. The molecule has 0 aliphatic carbocycles. The number of rotatable bonds is 4. The van der Waals surface area contributed by atoms with Crippen LogP contribution in [-0.2, 0) is 4.79 Å². The smallest absolute Gasteiger partial charge is 0.224 e. The third-order valence-electron chi connectivity index (χ3n) is 2.69. The van der Waals surface area contributed by atoms with Crippen molar-refractivity contribution < 1.29 is 4.79 Å². The number of hydrogen-bond acceptors (Lipinski definition) is 3. The van der Waals surface area contributed by atoms with Crippen molar-refractivity contribution in [2.24, 2.45) is 11.7 Å².